The van der Waals surface area contributed by atoms with Crippen LogP contribution in [-0.2, 0) is 20.9 Å². The van der Waals surface area contributed by atoms with Crippen molar-refractivity contribution in [1.82, 2.24) is 9.62 Å². The molecule has 1 heterocycles. The molecule has 1 atom stereocenters. The van der Waals surface area contributed by atoms with Crippen molar-refractivity contribution in [3.63, 3.8) is 0 Å². The lowest BCUT2D eigenvalue weighted by Crippen LogP contribution is -2.43. The fourth-order valence-electron chi connectivity index (χ4n) is 3.15. The van der Waals surface area contributed by atoms with Crippen LogP contribution in [0.4, 0.5) is 13.2 Å². The van der Waals surface area contributed by atoms with Crippen molar-refractivity contribution in [3.05, 3.63) is 64.7 Å². The van der Waals surface area contributed by atoms with Crippen molar-refractivity contribution in [3.8, 4) is 0 Å². The third-order valence-electron chi connectivity index (χ3n) is 4.58. The van der Waals surface area contributed by atoms with Crippen LogP contribution in [-0.4, -0.2) is 46.2 Å². The Kier molecular flexibility index (Phi) is 6.85. The van der Waals surface area contributed by atoms with Crippen molar-refractivity contribution in [1.29, 1.82) is 0 Å². The zero-order chi connectivity index (χ0) is 21.1. The smallest absolute Gasteiger partial charge is 0.379 e. The van der Waals surface area contributed by atoms with Crippen molar-refractivity contribution in [2.75, 3.05) is 32.8 Å². The molecule has 1 fully saturated rings. The van der Waals surface area contributed by atoms with E-state index in [4.69, 9.17) is 16.3 Å². The van der Waals surface area contributed by atoms with Crippen molar-refractivity contribution in [2.45, 2.75) is 17.1 Å². The van der Waals surface area contributed by atoms with Crippen molar-refractivity contribution >= 4 is 21.6 Å². The maximum Gasteiger partial charge on any atom is 0.417 e. The molecule has 0 aromatic heterocycles. The quantitative estimate of drug-likeness (QED) is 0.732. The Morgan fingerprint density at radius 3 is 2.38 bits per heavy atom. The minimum Gasteiger partial charge on any atom is -0.379 e. The first kappa shape index (κ1) is 22.0. The summed E-state index contributed by atoms with van der Waals surface area (Å²) in [6.45, 7) is 2.56. The summed E-state index contributed by atoms with van der Waals surface area (Å²) >= 11 is 5.67. The molecule has 1 aliphatic rings. The van der Waals surface area contributed by atoms with E-state index in [2.05, 4.69) is 4.72 Å². The Balaban J connectivity index is 1.94. The summed E-state index contributed by atoms with van der Waals surface area (Å²) in [5.74, 6) is 0. The highest BCUT2D eigenvalue weighted by Gasteiger charge is 2.38. The average molecular weight is 449 g/mol. The first-order valence-corrected chi connectivity index (χ1v) is 10.8. The van der Waals surface area contributed by atoms with Crippen LogP contribution in [0.25, 0.3) is 0 Å². The van der Waals surface area contributed by atoms with Gasteiger partial charge < -0.3 is 4.74 Å². The van der Waals surface area contributed by atoms with Crippen LogP contribution in [0.5, 0.6) is 0 Å². The van der Waals surface area contributed by atoms with Crippen molar-refractivity contribution < 1.29 is 26.3 Å². The van der Waals surface area contributed by atoms with E-state index in [9.17, 15) is 21.6 Å². The summed E-state index contributed by atoms with van der Waals surface area (Å²) in [6.07, 6.45) is -4.86. The molecule has 0 bridgehead atoms. The van der Waals surface area contributed by atoms with Crippen LogP contribution in [0.1, 0.15) is 17.2 Å². The minimum atomic E-state index is -4.86. The predicted molar refractivity (Wildman–Crippen MR) is 103 cm³/mol. The van der Waals surface area contributed by atoms with Gasteiger partial charge in [0.25, 0.3) is 0 Å². The molecule has 0 amide bonds. The van der Waals surface area contributed by atoms with Gasteiger partial charge in [-0.15, -0.1) is 0 Å². The molecule has 158 valence electrons. The van der Waals surface area contributed by atoms with Crippen LogP contribution in [0.3, 0.4) is 0 Å². The van der Waals surface area contributed by atoms with Gasteiger partial charge in [0.2, 0.25) is 10.0 Å². The van der Waals surface area contributed by atoms with Gasteiger partial charge in [-0.3, -0.25) is 4.90 Å². The van der Waals surface area contributed by atoms with E-state index in [-0.39, 0.29) is 5.02 Å². The molecule has 0 spiro atoms. The topological polar surface area (TPSA) is 58.6 Å². The van der Waals surface area contributed by atoms with Crippen LogP contribution in [0.15, 0.2) is 53.4 Å². The highest BCUT2D eigenvalue weighted by molar-refractivity contribution is 7.89. The number of sulfonamides is 1. The van der Waals surface area contributed by atoms with E-state index in [0.29, 0.717) is 44.5 Å². The number of ether oxygens (including phenoxy) is 1. The van der Waals surface area contributed by atoms with Crippen LogP contribution >= 0.6 is 11.6 Å². The molecule has 2 aromatic carbocycles. The molecule has 0 saturated carbocycles. The largest absolute Gasteiger partial charge is 0.417 e. The summed E-state index contributed by atoms with van der Waals surface area (Å²) in [5, 5.41) is -0.191. The van der Waals surface area contributed by atoms with Crippen LogP contribution in [0, 0.1) is 0 Å². The number of nitrogens with zero attached hydrogens (tertiary/aromatic N) is 1. The second kappa shape index (κ2) is 9.01. The number of nitrogens with one attached hydrogen (secondary N) is 1. The van der Waals surface area contributed by atoms with Gasteiger partial charge in [0.1, 0.15) is 0 Å². The lowest BCUT2D eigenvalue weighted by Gasteiger charge is -2.31. The highest BCUT2D eigenvalue weighted by Crippen LogP contribution is 2.36. The summed E-state index contributed by atoms with van der Waals surface area (Å²) in [6, 6.07) is 10.7. The van der Waals surface area contributed by atoms with Gasteiger partial charge in [0.15, 0.2) is 0 Å². The molecule has 1 N–H and O–H groups in total. The van der Waals surface area contributed by atoms with E-state index >= 15 is 0 Å². The Labute approximate surface area is 172 Å². The number of alkyl halides is 3. The molecular weight excluding hydrogens is 429 g/mol. The zero-order valence-electron chi connectivity index (χ0n) is 15.3. The molecule has 0 radical (unpaired) electrons. The molecule has 2 aromatic rings. The molecule has 5 nitrogen and oxygen atoms in total. The number of halogens is 4. The highest BCUT2D eigenvalue weighted by atomic mass is 35.5. The Morgan fingerprint density at radius 1 is 1.10 bits per heavy atom. The molecule has 1 saturated heterocycles. The normalized spacial score (nSPS) is 17.2. The van der Waals surface area contributed by atoms with E-state index in [1.807, 2.05) is 4.90 Å². The van der Waals surface area contributed by atoms with Gasteiger partial charge in [-0.25, -0.2) is 13.1 Å². The molecule has 1 aliphatic heterocycles. The third-order valence-corrected chi connectivity index (χ3v) is 6.35. The van der Waals surface area contributed by atoms with Gasteiger partial charge in [-0.1, -0.05) is 41.9 Å². The Bertz CT molecular complexity index is 933. The molecular formula is C19H20ClF3N2O3S. The van der Waals surface area contributed by atoms with E-state index in [1.165, 1.54) is 0 Å². The SMILES string of the molecule is O=S(=O)(N[C@@H](CN1CCOCC1)c1ccccc1)c1ccc(Cl)cc1C(F)(F)F. The monoisotopic (exact) mass is 448 g/mol. The first-order chi connectivity index (χ1) is 13.7. The van der Waals surface area contributed by atoms with Crippen LogP contribution in [0.2, 0.25) is 5.02 Å². The Morgan fingerprint density at radius 2 is 1.76 bits per heavy atom. The van der Waals surface area contributed by atoms with Crippen LogP contribution < -0.4 is 4.72 Å². The van der Waals surface area contributed by atoms with E-state index in [1.54, 1.807) is 30.3 Å². The fourth-order valence-corrected chi connectivity index (χ4v) is 4.74. The van der Waals surface area contributed by atoms with Gasteiger partial charge in [-0.2, -0.15) is 13.2 Å². The summed E-state index contributed by atoms with van der Waals surface area (Å²) in [5.41, 5.74) is -0.638. The minimum absolute atomic E-state index is 0.191. The molecule has 29 heavy (non-hydrogen) atoms. The maximum absolute atomic E-state index is 13.4. The van der Waals surface area contributed by atoms with Gasteiger partial charge in [0.05, 0.1) is 29.7 Å². The molecule has 0 aliphatic carbocycles. The number of hydrogen-bond acceptors (Lipinski definition) is 4. The third kappa shape index (κ3) is 5.70. The number of morpholine rings is 1. The van der Waals surface area contributed by atoms with E-state index < -0.39 is 32.7 Å². The van der Waals surface area contributed by atoms with Gasteiger partial charge in [0, 0.05) is 24.7 Å². The average Bonchev–Trinajstić information content (AvgIpc) is 2.68. The standard InChI is InChI=1S/C19H20ClF3N2O3S/c20-15-6-7-18(16(12-15)19(21,22)23)29(26,27)24-17(14-4-2-1-3-5-14)13-25-8-10-28-11-9-25/h1-7,12,17,24H,8-11,13H2/t17-/m0/s1. The summed E-state index contributed by atoms with van der Waals surface area (Å²) in [7, 11) is -4.48. The lowest BCUT2D eigenvalue weighted by molar-refractivity contribution is -0.139. The molecule has 10 heteroatoms. The lowest BCUT2D eigenvalue weighted by atomic mass is 10.1. The zero-order valence-corrected chi connectivity index (χ0v) is 16.9. The molecule has 3 rings (SSSR count). The maximum atomic E-state index is 13.4. The Hall–Kier alpha value is -1.65. The van der Waals surface area contributed by atoms with Gasteiger partial charge in [-0.05, 0) is 23.8 Å². The summed E-state index contributed by atoms with van der Waals surface area (Å²) < 4.78 is 73.9. The molecule has 0 unspecified atom stereocenters. The van der Waals surface area contributed by atoms with Crippen molar-refractivity contribution in [2.24, 2.45) is 0 Å². The van der Waals surface area contributed by atoms with E-state index in [0.717, 1.165) is 12.1 Å². The predicted octanol–water partition coefficient (Wildman–Crippen LogP) is 3.71. The number of benzene rings is 2. The first-order valence-electron chi connectivity index (χ1n) is 8.91. The number of rotatable bonds is 6. The second-order valence-corrected chi connectivity index (χ2v) is 8.75. The van der Waals surface area contributed by atoms with Gasteiger partial charge >= 0.3 is 6.18 Å². The summed E-state index contributed by atoms with van der Waals surface area (Å²) in [4.78, 5) is 1.16. The number of hydrogen-bond donors (Lipinski definition) is 1. The second-order valence-electron chi connectivity index (χ2n) is 6.64. The fraction of sp³-hybridized carbons (Fsp3) is 0.368.